The SMILES string of the molecule is CC(C)c1nnc(Cl)n1C(C)Cc1cccs1. The van der Waals surface area contributed by atoms with Crippen molar-refractivity contribution in [2.45, 2.75) is 39.2 Å². The van der Waals surface area contributed by atoms with E-state index in [1.165, 1.54) is 4.88 Å². The van der Waals surface area contributed by atoms with Gasteiger partial charge in [0, 0.05) is 23.3 Å². The maximum atomic E-state index is 6.12. The molecule has 0 fully saturated rings. The summed E-state index contributed by atoms with van der Waals surface area (Å²) >= 11 is 7.89. The van der Waals surface area contributed by atoms with Gasteiger partial charge in [-0.3, -0.25) is 4.57 Å². The summed E-state index contributed by atoms with van der Waals surface area (Å²) in [5.74, 6) is 1.29. The van der Waals surface area contributed by atoms with Gasteiger partial charge in [-0.05, 0) is 30.0 Å². The van der Waals surface area contributed by atoms with Gasteiger partial charge >= 0.3 is 0 Å². The van der Waals surface area contributed by atoms with Crippen LogP contribution in [-0.4, -0.2) is 14.8 Å². The van der Waals surface area contributed by atoms with Crippen LogP contribution in [0.1, 0.15) is 43.4 Å². The summed E-state index contributed by atoms with van der Waals surface area (Å²) in [5, 5.41) is 10.7. The zero-order chi connectivity index (χ0) is 12.4. The zero-order valence-corrected chi connectivity index (χ0v) is 11.8. The lowest BCUT2D eigenvalue weighted by Gasteiger charge is -2.17. The lowest BCUT2D eigenvalue weighted by atomic mass is 10.1. The fourth-order valence-corrected chi connectivity index (χ4v) is 3.01. The lowest BCUT2D eigenvalue weighted by molar-refractivity contribution is 0.511. The van der Waals surface area contributed by atoms with Crippen molar-refractivity contribution in [3.63, 3.8) is 0 Å². The Kier molecular flexibility index (Phi) is 3.84. The van der Waals surface area contributed by atoms with Gasteiger partial charge in [0.1, 0.15) is 5.82 Å². The Morgan fingerprint density at radius 1 is 1.35 bits per heavy atom. The van der Waals surface area contributed by atoms with Gasteiger partial charge in [-0.2, -0.15) is 0 Å². The fraction of sp³-hybridized carbons (Fsp3) is 0.500. The monoisotopic (exact) mass is 269 g/mol. The first kappa shape index (κ1) is 12.6. The van der Waals surface area contributed by atoms with E-state index in [0.717, 1.165) is 12.2 Å². The van der Waals surface area contributed by atoms with Gasteiger partial charge in [-0.25, -0.2) is 0 Å². The highest BCUT2D eigenvalue weighted by atomic mass is 35.5. The number of halogens is 1. The number of rotatable bonds is 4. The molecule has 0 aromatic carbocycles. The summed E-state index contributed by atoms with van der Waals surface area (Å²) in [6.07, 6.45) is 0.967. The number of nitrogens with zero attached hydrogens (tertiary/aromatic N) is 3. The van der Waals surface area contributed by atoms with E-state index >= 15 is 0 Å². The van der Waals surface area contributed by atoms with E-state index in [9.17, 15) is 0 Å². The van der Waals surface area contributed by atoms with Crippen LogP contribution in [0.4, 0.5) is 0 Å². The second-order valence-electron chi connectivity index (χ2n) is 4.48. The van der Waals surface area contributed by atoms with Crippen molar-refractivity contribution in [3.8, 4) is 0 Å². The molecule has 5 heteroatoms. The van der Waals surface area contributed by atoms with Crippen LogP contribution in [0.5, 0.6) is 0 Å². The highest BCUT2D eigenvalue weighted by molar-refractivity contribution is 7.09. The molecule has 0 N–H and O–H groups in total. The molecule has 0 aliphatic carbocycles. The second kappa shape index (κ2) is 5.19. The molecule has 0 saturated heterocycles. The van der Waals surface area contributed by atoms with Gasteiger partial charge in [0.15, 0.2) is 0 Å². The van der Waals surface area contributed by atoms with Crippen LogP contribution in [0.3, 0.4) is 0 Å². The molecular formula is C12H16ClN3S. The number of hydrogen-bond acceptors (Lipinski definition) is 3. The molecular weight excluding hydrogens is 254 g/mol. The third-order valence-corrected chi connectivity index (χ3v) is 3.87. The summed E-state index contributed by atoms with van der Waals surface area (Å²) < 4.78 is 2.03. The van der Waals surface area contributed by atoms with E-state index in [-0.39, 0.29) is 6.04 Å². The largest absolute Gasteiger partial charge is 0.298 e. The van der Waals surface area contributed by atoms with Gasteiger partial charge in [0.25, 0.3) is 0 Å². The zero-order valence-electron chi connectivity index (χ0n) is 10.2. The van der Waals surface area contributed by atoms with Crippen molar-refractivity contribution < 1.29 is 0 Å². The number of hydrogen-bond donors (Lipinski definition) is 0. The standard InChI is InChI=1S/C12H16ClN3S/c1-8(2)11-14-15-12(13)16(11)9(3)7-10-5-4-6-17-10/h4-6,8-9H,7H2,1-3H3. The molecule has 0 aliphatic rings. The molecule has 0 saturated carbocycles. The van der Waals surface area contributed by atoms with E-state index < -0.39 is 0 Å². The number of thiophene rings is 1. The van der Waals surface area contributed by atoms with Gasteiger partial charge in [-0.15, -0.1) is 21.5 Å². The van der Waals surface area contributed by atoms with Crippen LogP contribution in [0.2, 0.25) is 5.28 Å². The first-order valence-corrected chi connectivity index (χ1v) is 6.98. The molecule has 0 aliphatic heterocycles. The van der Waals surface area contributed by atoms with E-state index in [4.69, 9.17) is 11.6 Å². The molecule has 2 aromatic heterocycles. The first-order valence-electron chi connectivity index (χ1n) is 5.72. The summed E-state index contributed by atoms with van der Waals surface area (Å²) in [6, 6.07) is 4.51. The molecule has 92 valence electrons. The Bertz CT molecular complexity index is 476. The van der Waals surface area contributed by atoms with Crippen LogP contribution in [0.15, 0.2) is 17.5 Å². The van der Waals surface area contributed by atoms with E-state index in [1.807, 2.05) is 4.57 Å². The molecule has 0 radical (unpaired) electrons. The van der Waals surface area contributed by atoms with Crippen molar-refractivity contribution in [3.05, 3.63) is 33.5 Å². The average Bonchev–Trinajstić information content (AvgIpc) is 2.86. The van der Waals surface area contributed by atoms with Gasteiger partial charge in [0.05, 0.1) is 0 Å². The fourth-order valence-electron chi connectivity index (χ4n) is 1.90. The third kappa shape index (κ3) is 2.69. The van der Waals surface area contributed by atoms with E-state index in [2.05, 4.69) is 48.5 Å². The Morgan fingerprint density at radius 2 is 2.12 bits per heavy atom. The molecule has 1 unspecified atom stereocenters. The lowest BCUT2D eigenvalue weighted by Crippen LogP contribution is -2.12. The molecule has 1 atom stereocenters. The maximum absolute atomic E-state index is 6.12. The van der Waals surface area contributed by atoms with Crippen molar-refractivity contribution in [1.82, 2.24) is 14.8 Å². The van der Waals surface area contributed by atoms with Crippen LogP contribution in [0.25, 0.3) is 0 Å². The molecule has 0 amide bonds. The topological polar surface area (TPSA) is 30.7 Å². The van der Waals surface area contributed by atoms with Crippen LogP contribution in [0, 0.1) is 0 Å². The van der Waals surface area contributed by atoms with Crippen molar-refractivity contribution >= 4 is 22.9 Å². The van der Waals surface area contributed by atoms with Crippen molar-refractivity contribution in [2.24, 2.45) is 0 Å². The highest BCUT2D eigenvalue weighted by Crippen LogP contribution is 2.25. The maximum Gasteiger partial charge on any atom is 0.225 e. The first-order chi connectivity index (χ1) is 8.09. The van der Waals surface area contributed by atoms with Crippen molar-refractivity contribution in [2.75, 3.05) is 0 Å². The smallest absolute Gasteiger partial charge is 0.225 e. The third-order valence-electron chi connectivity index (χ3n) is 2.71. The molecule has 2 rings (SSSR count). The average molecular weight is 270 g/mol. The molecule has 3 nitrogen and oxygen atoms in total. The van der Waals surface area contributed by atoms with Gasteiger partial charge < -0.3 is 0 Å². The normalized spacial score (nSPS) is 13.2. The van der Waals surface area contributed by atoms with Crippen LogP contribution >= 0.6 is 22.9 Å². The molecule has 2 heterocycles. The summed E-state index contributed by atoms with van der Waals surface area (Å²) in [5.41, 5.74) is 0. The van der Waals surface area contributed by atoms with E-state index in [1.54, 1.807) is 11.3 Å². The quantitative estimate of drug-likeness (QED) is 0.842. The minimum atomic E-state index is 0.286. The highest BCUT2D eigenvalue weighted by Gasteiger charge is 2.18. The molecule has 2 aromatic rings. The molecule has 0 spiro atoms. The number of aromatic nitrogens is 3. The van der Waals surface area contributed by atoms with E-state index in [0.29, 0.717) is 11.2 Å². The van der Waals surface area contributed by atoms with Crippen LogP contribution in [-0.2, 0) is 6.42 Å². The van der Waals surface area contributed by atoms with Gasteiger partial charge in [-0.1, -0.05) is 19.9 Å². The summed E-state index contributed by atoms with van der Waals surface area (Å²) in [7, 11) is 0. The van der Waals surface area contributed by atoms with Crippen molar-refractivity contribution in [1.29, 1.82) is 0 Å². The Hall–Kier alpha value is -0.870. The van der Waals surface area contributed by atoms with Crippen LogP contribution < -0.4 is 0 Å². The Morgan fingerprint density at radius 3 is 2.71 bits per heavy atom. The predicted molar refractivity (Wildman–Crippen MR) is 71.9 cm³/mol. The predicted octanol–water partition coefficient (Wildman–Crippen LogP) is 3.92. The second-order valence-corrected chi connectivity index (χ2v) is 5.85. The summed E-state index contributed by atoms with van der Waals surface area (Å²) in [6.45, 7) is 6.37. The molecule has 17 heavy (non-hydrogen) atoms. The summed E-state index contributed by atoms with van der Waals surface area (Å²) in [4.78, 5) is 1.36. The Labute approximate surface area is 110 Å². The minimum Gasteiger partial charge on any atom is -0.298 e. The van der Waals surface area contributed by atoms with Gasteiger partial charge in [0.2, 0.25) is 5.28 Å². The Balaban J connectivity index is 2.24. The minimum absolute atomic E-state index is 0.286. The molecule has 0 bridgehead atoms.